The van der Waals surface area contributed by atoms with Gasteiger partial charge in [0.1, 0.15) is 6.79 Å². The summed E-state index contributed by atoms with van der Waals surface area (Å²) in [6.07, 6.45) is 0. The Balaban J connectivity index is 2.23. The lowest BCUT2D eigenvalue weighted by Crippen LogP contribution is -2.37. The van der Waals surface area contributed by atoms with Crippen LogP contribution in [0.25, 0.3) is 0 Å². The molecular formula is C3H8B2O3. The summed E-state index contributed by atoms with van der Waals surface area (Å²) in [6.45, 7) is 4.04. The first-order valence-electron chi connectivity index (χ1n) is 2.67. The first kappa shape index (κ1) is 6.13. The van der Waals surface area contributed by atoms with E-state index >= 15 is 0 Å². The summed E-state index contributed by atoms with van der Waals surface area (Å²) in [7, 11) is -0.225. The maximum Gasteiger partial charge on any atom is 0.441 e. The number of hydrogen-bond acceptors (Lipinski definition) is 3. The molecule has 1 saturated heterocycles. The van der Waals surface area contributed by atoms with E-state index < -0.39 is 0 Å². The topological polar surface area (TPSA) is 27.7 Å². The van der Waals surface area contributed by atoms with Crippen LogP contribution in [0.1, 0.15) is 0 Å². The van der Waals surface area contributed by atoms with Gasteiger partial charge in [0.2, 0.25) is 0 Å². The van der Waals surface area contributed by atoms with E-state index in [0.29, 0.717) is 6.79 Å². The van der Waals surface area contributed by atoms with Gasteiger partial charge in [-0.05, 0) is 13.6 Å². The average molecular weight is 114 g/mol. The van der Waals surface area contributed by atoms with E-state index in [-0.39, 0.29) is 14.2 Å². The second kappa shape index (κ2) is 2.53. The Labute approximate surface area is 49.6 Å². The third-order valence-corrected chi connectivity index (χ3v) is 0.989. The van der Waals surface area contributed by atoms with Crippen molar-refractivity contribution in [3.63, 3.8) is 0 Å². The molecule has 5 heteroatoms. The van der Waals surface area contributed by atoms with Gasteiger partial charge < -0.3 is 13.9 Å². The van der Waals surface area contributed by atoms with Crippen molar-refractivity contribution in [1.82, 2.24) is 0 Å². The highest BCUT2D eigenvalue weighted by molar-refractivity contribution is 6.58. The first-order valence-corrected chi connectivity index (χ1v) is 2.67. The van der Waals surface area contributed by atoms with Gasteiger partial charge >= 0.3 is 14.2 Å². The van der Waals surface area contributed by atoms with Crippen LogP contribution in [0.2, 0.25) is 13.6 Å². The molecule has 44 valence electrons. The lowest BCUT2D eigenvalue weighted by Gasteiger charge is -2.20. The van der Waals surface area contributed by atoms with Crippen LogP contribution in [0.15, 0.2) is 0 Å². The number of hydrogen-bond donors (Lipinski definition) is 0. The van der Waals surface area contributed by atoms with Gasteiger partial charge in [-0.2, -0.15) is 0 Å². The molecule has 1 aliphatic rings. The lowest BCUT2D eigenvalue weighted by molar-refractivity contribution is 0.0516. The van der Waals surface area contributed by atoms with Crippen molar-refractivity contribution >= 4 is 14.2 Å². The molecule has 0 aromatic heterocycles. The molecule has 0 atom stereocenters. The average Bonchev–Trinajstić information content (AvgIpc) is 1.64. The second-order valence-corrected chi connectivity index (χ2v) is 1.72. The summed E-state index contributed by atoms with van der Waals surface area (Å²) in [4.78, 5) is 0. The van der Waals surface area contributed by atoms with Gasteiger partial charge in [-0.15, -0.1) is 0 Å². The molecule has 0 saturated carbocycles. The molecule has 1 rings (SSSR count). The van der Waals surface area contributed by atoms with Crippen molar-refractivity contribution in [3.8, 4) is 0 Å². The molecule has 0 amide bonds. The van der Waals surface area contributed by atoms with E-state index in [1.807, 2.05) is 13.6 Å². The Morgan fingerprint density at radius 2 is 1.62 bits per heavy atom. The molecule has 3 nitrogen and oxygen atoms in total. The second-order valence-electron chi connectivity index (χ2n) is 1.72. The van der Waals surface area contributed by atoms with Gasteiger partial charge in [-0.1, -0.05) is 0 Å². The standard InChI is InChI=1S/C3H8B2O3/c1-4-6-3-7-5(2)8-4/h3H2,1-2H3. The monoisotopic (exact) mass is 114 g/mol. The Kier molecular flexibility index (Phi) is 1.94. The maximum atomic E-state index is 5.04. The molecule has 0 aliphatic carbocycles. The van der Waals surface area contributed by atoms with Crippen molar-refractivity contribution in [2.75, 3.05) is 6.79 Å². The first-order chi connectivity index (χ1) is 3.79. The molecule has 1 aliphatic heterocycles. The molecule has 1 heterocycles. The molecule has 1 fully saturated rings. The minimum Gasteiger partial charge on any atom is -0.451 e. The Morgan fingerprint density at radius 1 is 1.12 bits per heavy atom. The molecule has 0 radical (unpaired) electrons. The van der Waals surface area contributed by atoms with Crippen LogP contribution in [0.4, 0.5) is 0 Å². The van der Waals surface area contributed by atoms with Crippen molar-refractivity contribution in [2.45, 2.75) is 13.6 Å². The Bertz CT molecular complexity index is 70.9. The van der Waals surface area contributed by atoms with Crippen molar-refractivity contribution in [3.05, 3.63) is 0 Å². The van der Waals surface area contributed by atoms with Crippen LogP contribution in [0, 0.1) is 0 Å². The fourth-order valence-electron chi connectivity index (χ4n) is 0.579. The molecule has 0 aromatic rings. The van der Waals surface area contributed by atoms with Crippen LogP contribution in [-0.4, -0.2) is 21.0 Å². The smallest absolute Gasteiger partial charge is 0.441 e. The van der Waals surface area contributed by atoms with Crippen molar-refractivity contribution in [1.29, 1.82) is 0 Å². The lowest BCUT2D eigenvalue weighted by atomic mass is 9.84. The van der Waals surface area contributed by atoms with E-state index in [1.165, 1.54) is 0 Å². The van der Waals surface area contributed by atoms with Gasteiger partial charge in [0, 0.05) is 0 Å². The minimum absolute atomic E-state index is 0.112. The van der Waals surface area contributed by atoms with E-state index in [9.17, 15) is 0 Å². The van der Waals surface area contributed by atoms with E-state index in [0.717, 1.165) is 0 Å². The predicted octanol–water partition coefficient (Wildman–Crippen LogP) is 0.243. The zero-order valence-electron chi connectivity index (χ0n) is 5.09. The highest BCUT2D eigenvalue weighted by Gasteiger charge is 2.23. The third kappa shape index (κ3) is 1.51. The molecule has 0 spiro atoms. The van der Waals surface area contributed by atoms with Gasteiger partial charge in [-0.25, -0.2) is 0 Å². The highest BCUT2D eigenvalue weighted by Crippen LogP contribution is 2.01. The molecular weight excluding hydrogens is 106 g/mol. The van der Waals surface area contributed by atoms with Crippen LogP contribution < -0.4 is 0 Å². The van der Waals surface area contributed by atoms with Gasteiger partial charge in [0.05, 0.1) is 0 Å². The molecule has 0 aromatic carbocycles. The summed E-state index contributed by atoms with van der Waals surface area (Å²) < 4.78 is 14.8. The van der Waals surface area contributed by atoms with Crippen molar-refractivity contribution in [2.24, 2.45) is 0 Å². The minimum atomic E-state index is -0.112. The van der Waals surface area contributed by atoms with Crippen LogP contribution in [-0.2, 0) is 13.9 Å². The van der Waals surface area contributed by atoms with Crippen LogP contribution in [0.3, 0.4) is 0 Å². The molecule has 0 unspecified atom stereocenters. The van der Waals surface area contributed by atoms with Gasteiger partial charge in [0.15, 0.2) is 0 Å². The molecule has 0 bridgehead atoms. The molecule has 0 N–H and O–H groups in total. The fourth-order valence-corrected chi connectivity index (χ4v) is 0.579. The van der Waals surface area contributed by atoms with Crippen molar-refractivity contribution < 1.29 is 13.9 Å². The van der Waals surface area contributed by atoms with Crippen LogP contribution >= 0.6 is 0 Å². The summed E-state index contributed by atoms with van der Waals surface area (Å²) >= 11 is 0. The fraction of sp³-hybridized carbons (Fsp3) is 1.00. The normalized spacial score (nSPS) is 21.8. The number of rotatable bonds is 0. The quantitative estimate of drug-likeness (QED) is 0.422. The summed E-state index contributed by atoms with van der Waals surface area (Å²) in [5.74, 6) is 0. The van der Waals surface area contributed by atoms with E-state index in [4.69, 9.17) is 13.9 Å². The van der Waals surface area contributed by atoms with E-state index in [2.05, 4.69) is 0 Å². The van der Waals surface area contributed by atoms with Gasteiger partial charge in [-0.3, -0.25) is 0 Å². The molecule has 8 heavy (non-hydrogen) atoms. The summed E-state index contributed by atoms with van der Waals surface area (Å²) in [5, 5.41) is 0. The maximum absolute atomic E-state index is 5.04. The predicted molar refractivity (Wildman–Crippen MR) is 31.4 cm³/mol. The van der Waals surface area contributed by atoms with E-state index in [1.54, 1.807) is 0 Å². The largest absolute Gasteiger partial charge is 0.451 e. The summed E-state index contributed by atoms with van der Waals surface area (Å²) in [6, 6.07) is 0. The Hall–Kier alpha value is 0.00987. The third-order valence-electron chi connectivity index (χ3n) is 0.989. The zero-order valence-corrected chi connectivity index (χ0v) is 5.09. The highest BCUT2D eigenvalue weighted by atomic mass is 16.8. The SMILES string of the molecule is CB1OCOB(C)O1. The zero-order chi connectivity index (χ0) is 5.98. The Morgan fingerprint density at radius 3 is 1.88 bits per heavy atom. The summed E-state index contributed by atoms with van der Waals surface area (Å²) in [5.41, 5.74) is 0. The van der Waals surface area contributed by atoms with Gasteiger partial charge in [0.25, 0.3) is 0 Å². The van der Waals surface area contributed by atoms with Crippen LogP contribution in [0.5, 0.6) is 0 Å².